The van der Waals surface area contributed by atoms with E-state index in [4.69, 9.17) is 0 Å². The highest BCUT2D eigenvalue weighted by Gasteiger charge is 2.57. The molecule has 0 aromatic heterocycles. The van der Waals surface area contributed by atoms with Gasteiger partial charge in [-0.15, -0.1) is 0 Å². The van der Waals surface area contributed by atoms with Gasteiger partial charge >= 0.3 is 0 Å². The van der Waals surface area contributed by atoms with Gasteiger partial charge in [0.2, 0.25) is 0 Å². The molecule has 1 heterocycles. The van der Waals surface area contributed by atoms with E-state index in [0.717, 1.165) is 41.7 Å². The zero-order chi connectivity index (χ0) is 10.7. The Labute approximate surface area is 94.2 Å². The Kier molecular flexibility index (Phi) is 2.18. The van der Waals surface area contributed by atoms with Crippen molar-refractivity contribution < 1.29 is 0 Å². The van der Waals surface area contributed by atoms with E-state index in [2.05, 4.69) is 32.6 Å². The van der Waals surface area contributed by atoms with E-state index in [-0.39, 0.29) is 0 Å². The first-order chi connectivity index (χ1) is 7.09. The highest BCUT2D eigenvalue weighted by molar-refractivity contribution is 5.07. The summed E-state index contributed by atoms with van der Waals surface area (Å²) in [6.45, 7) is 11.1. The van der Waals surface area contributed by atoms with Crippen molar-refractivity contribution in [2.24, 2.45) is 29.6 Å². The fourth-order valence-corrected chi connectivity index (χ4v) is 5.15. The van der Waals surface area contributed by atoms with Gasteiger partial charge in [0.1, 0.15) is 0 Å². The number of nitrogens with zero attached hydrogens (tertiary/aromatic N) is 1. The molecule has 3 aliphatic rings. The molecule has 3 rings (SSSR count). The number of rotatable bonds is 1. The maximum absolute atomic E-state index is 2.76. The second-order valence-electron chi connectivity index (χ2n) is 6.64. The summed E-state index contributed by atoms with van der Waals surface area (Å²) in [7, 11) is 0. The van der Waals surface area contributed by atoms with Crippen molar-refractivity contribution in [1.29, 1.82) is 0 Å². The van der Waals surface area contributed by atoms with Crippen LogP contribution >= 0.6 is 0 Å². The Bertz CT molecular complexity index is 260. The summed E-state index contributed by atoms with van der Waals surface area (Å²) in [5, 5.41) is 0. The van der Waals surface area contributed by atoms with Crippen LogP contribution < -0.4 is 0 Å². The van der Waals surface area contributed by atoms with Gasteiger partial charge in [0, 0.05) is 18.6 Å². The van der Waals surface area contributed by atoms with E-state index in [9.17, 15) is 0 Å². The molecular weight excluding hydrogens is 182 g/mol. The lowest BCUT2D eigenvalue weighted by atomic mass is 9.74. The van der Waals surface area contributed by atoms with Crippen molar-refractivity contribution in [2.45, 2.75) is 52.6 Å². The lowest BCUT2D eigenvalue weighted by Gasteiger charge is -2.33. The maximum Gasteiger partial charge on any atom is 0.0104 e. The number of hydrogen-bond acceptors (Lipinski definition) is 1. The van der Waals surface area contributed by atoms with Crippen LogP contribution in [-0.2, 0) is 0 Å². The van der Waals surface area contributed by atoms with Crippen molar-refractivity contribution in [1.82, 2.24) is 4.90 Å². The average molecular weight is 207 g/mol. The monoisotopic (exact) mass is 207 g/mol. The maximum atomic E-state index is 2.76. The minimum absolute atomic E-state index is 0.750. The van der Waals surface area contributed by atoms with E-state index in [1.807, 2.05) is 0 Å². The van der Waals surface area contributed by atoms with Gasteiger partial charge in [0.25, 0.3) is 0 Å². The third-order valence-electron chi connectivity index (χ3n) is 5.74. The summed E-state index contributed by atoms with van der Waals surface area (Å²) in [4.78, 5) is 2.76. The van der Waals surface area contributed by atoms with Crippen LogP contribution in [-0.4, -0.2) is 23.5 Å². The molecule has 15 heavy (non-hydrogen) atoms. The first-order valence-electron chi connectivity index (χ1n) is 6.85. The Morgan fingerprint density at radius 2 is 1.80 bits per heavy atom. The molecule has 2 aliphatic carbocycles. The smallest absolute Gasteiger partial charge is 0.0104 e. The molecule has 86 valence electrons. The second-order valence-corrected chi connectivity index (χ2v) is 6.64. The van der Waals surface area contributed by atoms with E-state index < -0.39 is 0 Å². The molecule has 2 bridgehead atoms. The fourth-order valence-electron chi connectivity index (χ4n) is 5.15. The molecule has 0 aromatic carbocycles. The lowest BCUT2D eigenvalue weighted by Crippen LogP contribution is -2.37. The normalized spacial score (nSPS) is 54.2. The van der Waals surface area contributed by atoms with Crippen molar-refractivity contribution in [3.63, 3.8) is 0 Å². The molecule has 1 nitrogen and oxygen atoms in total. The van der Waals surface area contributed by atoms with Gasteiger partial charge in [-0.05, 0) is 63.2 Å². The number of hydrogen-bond donors (Lipinski definition) is 0. The Morgan fingerprint density at radius 3 is 2.47 bits per heavy atom. The van der Waals surface area contributed by atoms with Gasteiger partial charge < -0.3 is 0 Å². The molecule has 0 radical (unpaired) electrons. The summed E-state index contributed by atoms with van der Waals surface area (Å²) in [5.74, 6) is 5.27. The zero-order valence-corrected chi connectivity index (χ0v) is 10.6. The molecule has 1 heteroatoms. The first-order valence-corrected chi connectivity index (χ1v) is 6.85. The molecule has 2 saturated carbocycles. The SMILES string of the molecule is CC1CC2CC1C1C2CN(C(C)C)C1C. The lowest BCUT2D eigenvalue weighted by molar-refractivity contribution is 0.156. The van der Waals surface area contributed by atoms with Gasteiger partial charge in [-0.1, -0.05) is 6.92 Å². The molecule has 1 aliphatic heterocycles. The topological polar surface area (TPSA) is 3.24 Å². The average Bonchev–Trinajstić information content (AvgIpc) is 2.76. The second kappa shape index (κ2) is 3.23. The highest BCUT2D eigenvalue weighted by atomic mass is 15.2. The van der Waals surface area contributed by atoms with Crippen LogP contribution in [0.25, 0.3) is 0 Å². The summed E-state index contributed by atoms with van der Waals surface area (Å²) in [6, 6.07) is 1.60. The minimum Gasteiger partial charge on any atom is -0.298 e. The van der Waals surface area contributed by atoms with Crippen LogP contribution in [0.3, 0.4) is 0 Å². The van der Waals surface area contributed by atoms with Crippen LogP contribution in [0.5, 0.6) is 0 Å². The molecule has 6 atom stereocenters. The van der Waals surface area contributed by atoms with Crippen LogP contribution in [0.4, 0.5) is 0 Å². The molecule has 0 aromatic rings. The molecule has 0 spiro atoms. The Hall–Kier alpha value is -0.0400. The molecule has 0 N–H and O–H groups in total. The van der Waals surface area contributed by atoms with Crippen molar-refractivity contribution >= 4 is 0 Å². The summed E-state index contributed by atoms with van der Waals surface area (Å²) >= 11 is 0. The number of fused-ring (bicyclic) bond motifs is 5. The summed E-state index contributed by atoms with van der Waals surface area (Å²) in [5.41, 5.74) is 0. The van der Waals surface area contributed by atoms with Crippen molar-refractivity contribution in [3.8, 4) is 0 Å². The largest absolute Gasteiger partial charge is 0.298 e. The summed E-state index contributed by atoms with van der Waals surface area (Å²) in [6.07, 6.45) is 3.09. The predicted molar refractivity (Wildman–Crippen MR) is 63.7 cm³/mol. The van der Waals surface area contributed by atoms with Gasteiger partial charge in [0.05, 0.1) is 0 Å². The van der Waals surface area contributed by atoms with Crippen molar-refractivity contribution in [2.75, 3.05) is 6.54 Å². The minimum atomic E-state index is 0.750. The van der Waals surface area contributed by atoms with E-state index >= 15 is 0 Å². The van der Waals surface area contributed by atoms with Crippen molar-refractivity contribution in [3.05, 3.63) is 0 Å². The van der Waals surface area contributed by atoms with Crippen LogP contribution in [0.1, 0.15) is 40.5 Å². The van der Waals surface area contributed by atoms with Crippen LogP contribution in [0.2, 0.25) is 0 Å². The van der Waals surface area contributed by atoms with E-state index in [1.54, 1.807) is 6.42 Å². The van der Waals surface area contributed by atoms with Gasteiger partial charge in [-0.25, -0.2) is 0 Å². The predicted octanol–water partition coefficient (Wildman–Crippen LogP) is 3.01. The van der Waals surface area contributed by atoms with Gasteiger partial charge in [-0.2, -0.15) is 0 Å². The van der Waals surface area contributed by atoms with E-state index in [0.29, 0.717) is 0 Å². The third-order valence-corrected chi connectivity index (χ3v) is 5.74. The fraction of sp³-hybridized carbons (Fsp3) is 1.00. The number of likely N-dealkylation sites (tertiary alicyclic amines) is 1. The molecule has 1 saturated heterocycles. The van der Waals surface area contributed by atoms with Gasteiger partial charge in [0.15, 0.2) is 0 Å². The molecule has 0 amide bonds. The van der Waals surface area contributed by atoms with Gasteiger partial charge in [-0.3, -0.25) is 4.90 Å². The highest BCUT2D eigenvalue weighted by Crippen LogP contribution is 2.59. The Balaban J connectivity index is 1.84. The Morgan fingerprint density at radius 1 is 1.07 bits per heavy atom. The third kappa shape index (κ3) is 1.25. The quantitative estimate of drug-likeness (QED) is 0.639. The standard InChI is InChI=1S/C14H25N/c1-8(2)15-7-13-11-5-9(3)12(6-11)14(13)10(15)4/h8-14H,5-7H2,1-4H3. The molecular formula is C14H25N. The van der Waals surface area contributed by atoms with Crippen LogP contribution in [0.15, 0.2) is 0 Å². The molecule has 3 fully saturated rings. The first kappa shape index (κ1) is 10.1. The zero-order valence-electron chi connectivity index (χ0n) is 10.6. The van der Waals surface area contributed by atoms with Crippen LogP contribution in [0, 0.1) is 29.6 Å². The summed E-state index contributed by atoms with van der Waals surface area (Å²) < 4.78 is 0. The molecule has 6 unspecified atom stereocenters. The van der Waals surface area contributed by atoms with E-state index in [1.165, 1.54) is 13.0 Å².